The summed E-state index contributed by atoms with van der Waals surface area (Å²) in [6.07, 6.45) is 0.760. The molecule has 1 N–H and O–H groups in total. The average Bonchev–Trinajstić information content (AvgIpc) is 2.78. The highest BCUT2D eigenvalue weighted by atomic mass is 16.5. The monoisotopic (exact) mass is 462 g/mol. The molecule has 7 heteroatoms. The summed E-state index contributed by atoms with van der Waals surface area (Å²) in [7, 11) is 16.2. The number of rotatable bonds is 12. The minimum absolute atomic E-state index is 0.544. The number of hydrogen-bond acceptors (Lipinski definition) is 7. The highest BCUT2D eigenvalue weighted by molar-refractivity contribution is 5.58. The van der Waals surface area contributed by atoms with Crippen LogP contribution in [0.3, 0.4) is 0 Å². The van der Waals surface area contributed by atoms with Crippen LogP contribution in [-0.2, 0) is 51.8 Å². The van der Waals surface area contributed by atoms with Gasteiger partial charge in [0.05, 0.1) is 26.4 Å². The summed E-state index contributed by atoms with van der Waals surface area (Å²) in [6, 6.07) is 8.83. The normalized spacial score (nSPS) is 10.6. The molecule has 0 saturated carbocycles. The second kappa shape index (κ2) is 14.9. The van der Waals surface area contributed by atoms with Gasteiger partial charge in [0.2, 0.25) is 0 Å². The maximum atomic E-state index is 7.00. The van der Waals surface area contributed by atoms with E-state index >= 15 is 0 Å². The van der Waals surface area contributed by atoms with E-state index in [-0.39, 0.29) is 0 Å². The van der Waals surface area contributed by atoms with Crippen molar-refractivity contribution in [1.29, 1.82) is 0 Å². The summed E-state index contributed by atoms with van der Waals surface area (Å²) in [4.78, 5) is 4.22. The third-order valence-corrected chi connectivity index (χ3v) is 5.42. The van der Waals surface area contributed by atoms with Crippen molar-refractivity contribution in [2.45, 2.75) is 32.8 Å². The van der Waals surface area contributed by atoms with Gasteiger partial charge in [0.25, 0.3) is 0 Å². The molecule has 0 aliphatic carbocycles. The molecule has 0 amide bonds. The number of methoxy groups -OCH3 is 4. The van der Waals surface area contributed by atoms with E-state index in [1.807, 2.05) is 0 Å². The molecular formula is C26H42N2O5. The number of ether oxygens (including phenoxy) is 4. The highest BCUT2D eigenvalue weighted by Gasteiger charge is 2.18. The molecule has 0 aliphatic heterocycles. The Balaban J connectivity index is 0.00000265. The van der Waals surface area contributed by atoms with Gasteiger partial charge in [0, 0.05) is 75.1 Å². The SMILES string of the molecule is CO.COCc1cc(N(C)C)cc(COC)c1Cc1c(COC)cc(N(C)C)cc1COC. The topological polar surface area (TPSA) is 63.6 Å². The molecule has 0 bridgehead atoms. The van der Waals surface area contributed by atoms with E-state index in [1.165, 1.54) is 33.4 Å². The van der Waals surface area contributed by atoms with Gasteiger partial charge in [-0.25, -0.2) is 0 Å². The van der Waals surface area contributed by atoms with Crippen LogP contribution in [0.25, 0.3) is 0 Å². The fourth-order valence-electron chi connectivity index (χ4n) is 3.84. The zero-order valence-electron chi connectivity index (χ0n) is 21.8. The molecule has 2 aromatic rings. The van der Waals surface area contributed by atoms with Gasteiger partial charge in [-0.15, -0.1) is 0 Å². The summed E-state index contributed by atoms with van der Waals surface area (Å²) in [5.74, 6) is 0. The van der Waals surface area contributed by atoms with Gasteiger partial charge in [-0.2, -0.15) is 0 Å². The Hall–Kier alpha value is -2.16. The number of aliphatic hydroxyl groups excluding tert-OH is 1. The Kier molecular flexibility index (Phi) is 13.0. The standard InChI is InChI=1S/C25H38N2O4.CH4O/c1-26(2)22-9-18(14-28-5)24(19(10-22)15-29-6)13-25-20(16-30-7)11-23(27(3)4)12-21(25)17-31-8;1-2/h9-12H,13-17H2,1-8H3;2H,1H3. The Bertz CT molecular complexity index is 729. The minimum atomic E-state index is 0.544. The molecule has 0 unspecified atom stereocenters. The van der Waals surface area contributed by atoms with Gasteiger partial charge < -0.3 is 33.9 Å². The van der Waals surface area contributed by atoms with Crippen LogP contribution in [0.5, 0.6) is 0 Å². The molecule has 186 valence electrons. The van der Waals surface area contributed by atoms with Crippen LogP contribution in [0.15, 0.2) is 24.3 Å². The second-order valence-corrected chi connectivity index (χ2v) is 8.18. The van der Waals surface area contributed by atoms with Gasteiger partial charge in [-0.3, -0.25) is 0 Å². The van der Waals surface area contributed by atoms with Gasteiger partial charge >= 0.3 is 0 Å². The molecule has 0 fully saturated rings. The summed E-state index contributed by atoms with van der Waals surface area (Å²) in [5, 5.41) is 7.00. The zero-order chi connectivity index (χ0) is 25.0. The lowest BCUT2D eigenvalue weighted by Gasteiger charge is -2.24. The summed E-state index contributed by atoms with van der Waals surface area (Å²) >= 11 is 0. The van der Waals surface area contributed by atoms with Crippen molar-refractivity contribution in [1.82, 2.24) is 0 Å². The predicted octanol–water partition coefficient (Wildman–Crippen LogP) is 3.60. The van der Waals surface area contributed by atoms with Crippen LogP contribution >= 0.6 is 0 Å². The molecular weight excluding hydrogens is 420 g/mol. The number of nitrogens with zero attached hydrogens (tertiary/aromatic N) is 2. The number of benzene rings is 2. The molecule has 0 heterocycles. The summed E-state index contributed by atoms with van der Waals surface area (Å²) < 4.78 is 22.3. The van der Waals surface area contributed by atoms with Crippen LogP contribution < -0.4 is 9.80 Å². The van der Waals surface area contributed by atoms with Crippen molar-refractivity contribution in [3.8, 4) is 0 Å². The Morgan fingerprint density at radius 3 is 0.970 bits per heavy atom. The predicted molar refractivity (Wildman–Crippen MR) is 135 cm³/mol. The molecule has 0 spiro atoms. The van der Waals surface area contributed by atoms with Crippen molar-refractivity contribution in [2.75, 3.05) is 73.5 Å². The Morgan fingerprint density at radius 2 is 0.788 bits per heavy atom. The zero-order valence-corrected chi connectivity index (χ0v) is 21.8. The van der Waals surface area contributed by atoms with Crippen molar-refractivity contribution >= 4 is 11.4 Å². The third kappa shape index (κ3) is 7.98. The van der Waals surface area contributed by atoms with E-state index in [0.717, 1.165) is 24.9 Å². The molecule has 0 radical (unpaired) electrons. The molecule has 0 aliphatic rings. The maximum absolute atomic E-state index is 7.00. The van der Waals surface area contributed by atoms with E-state index in [0.29, 0.717) is 26.4 Å². The molecule has 0 saturated heterocycles. The first-order valence-corrected chi connectivity index (χ1v) is 10.9. The fraction of sp³-hybridized carbons (Fsp3) is 0.538. The lowest BCUT2D eigenvalue weighted by atomic mass is 9.89. The number of anilines is 2. The molecule has 0 aromatic heterocycles. The first kappa shape index (κ1) is 28.9. The Labute approximate surface area is 199 Å². The van der Waals surface area contributed by atoms with Crippen molar-refractivity contribution in [3.05, 3.63) is 57.6 Å². The first-order chi connectivity index (χ1) is 15.9. The quantitative estimate of drug-likeness (QED) is 0.517. The lowest BCUT2D eigenvalue weighted by molar-refractivity contribution is 0.177. The van der Waals surface area contributed by atoms with Crippen LogP contribution in [0.2, 0.25) is 0 Å². The Morgan fingerprint density at radius 1 is 0.545 bits per heavy atom. The van der Waals surface area contributed by atoms with Crippen LogP contribution in [0, 0.1) is 0 Å². The van der Waals surface area contributed by atoms with Gasteiger partial charge in [-0.1, -0.05) is 0 Å². The smallest absolute Gasteiger partial charge is 0.0716 e. The molecule has 2 rings (SSSR count). The fourth-order valence-corrected chi connectivity index (χ4v) is 3.84. The maximum Gasteiger partial charge on any atom is 0.0716 e. The minimum Gasteiger partial charge on any atom is -0.400 e. The van der Waals surface area contributed by atoms with Crippen molar-refractivity contribution in [3.63, 3.8) is 0 Å². The first-order valence-electron chi connectivity index (χ1n) is 10.9. The van der Waals surface area contributed by atoms with Gasteiger partial charge in [0.1, 0.15) is 0 Å². The lowest BCUT2D eigenvalue weighted by Crippen LogP contribution is -2.15. The van der Waals surface area contributed by atoms with Crippen molar-refractivity contribution in [2.24, 2.45) is 0 Å². The van der Waals surface area contributed by atoms with Crippen LogP contribution in [-0.4, -0.2) is 68.8 Å². The van der Waals surface area contributed by atoms with Crippen molar-refractivity contribution < 1.29 is 24.1 Å². The van der Waals surface area contributed by atoms with E-state index in [2.05, 4.69) is 62.3 Å². The van der Waals surface area contributed by atoms with E-state index in [4.69, 9.17) is 24.1 Å². The summed E-state index contributed by atoms with van der Waals surface area (Å²) in [6.45, 7) is 2.18. The summed E-state index contributed by atoms with van der Waals surface area (Å²) in [5.41, 5.74) is 9.44. The van der Waals surface area contributed by atoms with Gasteiger partial charge in [-0.05, 0) is 64.1 Å². The van der Waals surface area contributed by atoms with Crippen LogP contribution in [0.4, 0.5) is 11.4 Å². The van der Waals surface area contributed by atoms with Gasteiger partial charge in [0.15, 0.2) is 0 Å². The number of hydrogen-bond donors (Lipinski definition) is 1. The highest BCUT2D eigenvalue weighted by Crippen LogP contribution is 2.31. The number of aliphatic hydroxyl groups is 1. The molecule has 2 aromatic carbocycles. The second-order valence-electron chi connectivity index (χ2n) is 8.18. The molecule has 33 heavy (non-hydrogen) atoms. The third-order valence-electron chi connectivity index (χ3n) is 5.42. The average molecular weight is 463 g/mol. The van der Waals surface area contributed by atoms with E-state index < -0.39 is 0 Å². The molecule has 0 atom stereocenters. The molecule has 7 nitrogen and oxygen atoms in total. The largest absolute Gasteiger partial charge is 0.400 e. The van der Waals surface area contributed by atoms with Crippen LogP contribution in [0.1, 0.15) is 33.4 Å². The van der Waals surface area contributed by atoms with E-state index in [1.54, 1.807) is 28.4 Å². The van der Waals surface area contributed by atoms with E-state index in [9.17, 15) is 0 Å².